The number of hydrogen-bond donors (Lipinski definition) is 2. The third-order valence-electron chi connectivity index (χ3n) is 3.03. The van der Waals surface area contributed by atoms with Crippen LogP contribution in [-0.2, 0) is 0 Å². The second-order valence-corrected chi connectivity index (χ2v) is 4.27. The van der Waals surface area contributed by atoms with E-state index in [9.17, 15) is 5.11 Å². The van der Waals surface area contributed by atoms with Gasteiger partial charge in [-0.05, 0) is 42.8 Å². The van der Waals surface area contributed by atoms with Gasteiger partial charge in [0.05, 0.1) is 0 Å². The molecule has 0 atom stereocenters. The number of aryl methyl sites for hydroxylation is 1. The molecule has 0 bridgehead atoms. The lowest BCUT2D eigenvalue weighted by Crippen LogP contribution is -1.82. The van der Waals surface area contributed by atoms with Crippen molar-refractivity contribution in [1.82, 2.24) is 4.98 Å². The fraction of sp³-hybridized carbons (Fsp3) is 0.0667. The molecule has 0 fully saturated rings. The minimum Gasteiger partial charge on any atom is -0.508 e. The molecule has 0 aliphatic rings. The number of aromatic amines is 1. The van der Waals surface area contributed by atoms with Gasteiger partial charge in [-0.15, -0.1) is 0 Å². The monoisotopic (exact) mass is 223 g/mol. The number of hydrogen-bond acceptors (Lipinski definition) is 1. The first-order chi connectivity index (χ1) is 8.24. The Bertz CT molecular complexity index is 649. The van der Waals surface area contributed by atoms with Crippen molar-refractivity contribution in [3.63, 3.8) is 0 Å². The minimum atomic E-state index is 0.308. The molecule has 2 N–H and O–H groups in total. The number of aromatic nitrogens is 1. The SMILES string of the molecule is Cc1cc(O)ccc1-c1cc2ccccc2[nH]1. The van der Waals surface area contributed by atoms with Crippen LogP contribution in [0.3, 0.4) is 0 Å². The number of H-pyrrole nitrogens is 1. The van der Waals surface area contributed by atoms with Gasteiger partial charge < -0.3 is 10.1 Å². The number of nitrogens with one attached hydrogen (secondary N) is 1. The Balaban J connectivity index is 2.20. The second kappa shape index (κ2) is 3.67. The molecule has 0 saturated heterocycles. The van der Waals surface area contributed by atoms with Gasteiger partial charge in [0.1, 0.15) is 5.75 Å². The van der Waals surface area contributed by atoms with Crippen molar-refractivity contribution in [2.75, 3.05) is 0 Å². The van der Waals surface area contributed by atoms with Crippen molar-refractivity contribution in [2.45, 2.75) is 6.92 Å². The van der Waals surface area contributed by atoms with Gasteiger partial charge in [0.15, 0.2) is 0 Å². The molecule has 0 aliphatic carbocycles. The van der Waals surface area contributed by atoms with Crippen LogP contribution in [0, 0.1) is 6.92 Å². The predicted octanol–water partition coefficient (Wildman–Crippen LogP) is 3.85. The topological polar surface area (TPSA) is 36.0 Å². The first-order valence-corrected chi connectivity index (χ1v) is 5.62. The first kappa shape index (κ1) is 9.97. The maximum Gasteiger partial charge on any atom is 0.115 e. The fourth-order valence-electron chi connectivity index (χ4n) is 2.17. The molecule has 3 rings (SSSR count). The van der Waals surface area contributed by atoms with Crippen LogP contribution in [0.15, 0.2) is 48.5 Å². The molecule has 0 aliphatic heterocycles. The zero-order valence-corrected chi connectivity index (χ0v) is 9.57. The summed E-state index contributed by atoms with van der Waals surface area (Å²) in [4.78, 5) is 3.39. The van der Waals surface area contributed by atoms with Crippen LogP contribution in [-0.4, -0.2) is 10.1 Å². The van der Waals surface area contributed by atoms with E-state index in [2.05, 4.69) is 23.2 Å². The lowest BCUT2D eigenvalue weighted by molar-refractivity contribution is 0.475. The Kier molecular flexibility index (Phi) is 2.15. The summed E-state index contributed by atoms with van der Waals surface area (Å²) in [5.74, 6) is 0.308. The quantitative estimate of drug-likeness (QED) is 0.645. The summed E-state index contributed by atoms with van der Waals surface area (Å²) < 4.78 is 0. The van der Waals surface area contributed by atoms with Gasteiger partial charge in [0.2, 0.25) is 0 Å². The Morgan fingerprint density at radius 2 is 1.82 bits per heavy atom. The molecular weight excluding hydrogens is 210 g/mol. The van der Waals surface area contributed by atoms with Crippen LogP contribution in [0.4, 0.5) is 0 Å². The van der Waals surface area contributed by atoms with Gasteiger partial charge in [0, 0.05) is 22.2 Å². The number of para-hydroxylation sites is 1. The van der Waals surface area contributed by atoms with Crippen LogP contribution in [0.2, 0.25) is 0 Å². The minimum absolute atomic E-state index is 0.308. The average molecular weight is 223 g/mol. The van der Waals surface area contributed by atoms with Crippen molar-refractivity contribution in [2.24, 2.45) is 0 Å². The van der Waals surface area contributed by atoms with E-state index in [0.29, 0.717) is 5.75 Å². The molecule has 2 nitrogen and oxygen atoms in total. The van der Waals surface area contributed by atoms with Crippen LogP contribution in [0.1, 0.15) is 5.56 Å². The molecule has 0 unspecified atom stereocenters. The molecule has 84 valence electrons. The largest absolute Gasteiger partial charge is 0.508 e. The molecule has 0 amide bonds. The number of fused-ring (bicyclic) bond motifs is 1. The van der Waals surface area contributed by atoms with E-state index in [0.717, 1.165) is 22.3 Å². The van der Waals surface area contributed by atoms with Crippen molar-refractivity contribution in [3.05, 3.63) is 54.1 Å². The zero-order valence-electron chi connectivity index (χ0n) is 9.57. The molecule has 0 spiro atoms. The molecule has 1 heterocycles. The molecule has 0 radical (unpaired) electrons. The molecule has 0 saturated carbocycles. The van der Waals surface area contributed by atoms with Crippen LogP contribution >= 0.6 is 0 Å². The van der Waals surface area contributed by atoms with E-state index in [1.54, 1.807) is 12.1 Å². The van der Waals surface area contributed by atoms with Crippen molar-refractivity contribution in [1.29, 1.82) is 0 Å². The van der Waals surface area contributed by atoms with Crippen LogP contribution < -0.4 is 0 Å². The summed E-state index contributed by atoms with van der Waals surface area (Å²) >= 11 is 0. The van der Waals surface area contributed by atoms with Gasteiger partial charge in [-0.1, -0.05) is 18.2 Å². The number of aromatic hydroxyl groups is 1. The Morgan fingerprint density at radius 1 is 1.00 bits per heavy atom. The van der Waals surface area contributed by atoms with E-state index < -0.39 is 0 Å². The van der Waals surface area contributed by atoms with Crippen molar-refractivity contribution >= 4 is 10.9 Å². The number of rotatable bonds is 1. The van der Waals surface area contributed by atoms with E-state index in [4.69, 9.17) is 0 Å². The van der Waals surface area contributed by atoms with Crippen LogP contribution in [0.25, 0.3) is 22.2 Å². The summed E-state index contributed by atoms with van der Waals surface area (Å²) in [6.07, 6.45) is 0. The highest BCUT2D eigenvalue weighted by Gasteiger charge is 2.05. The lowest BCUT2D eigenvalue weighted by Gasteiger charge is -2.03. The Morgan fingerprint density at radius 3 is 2.59 bits per heavy atom. The highest BCUT2D eigenvalue weighted by atomic mass is 16.3. The van der Waals surface area contributed by atoms with Gasteiger partial charge >= 0.3 is 0 Å². The fourth-order valence-corrected chi connectivity index (χ4v) is 2.17. The smallest absolute Gasteiger partial charge is 0.115 e. The Labute approximate surface area is 99.5 Å². The van der Waals surface area contributed by atoms with E-state index >= 15 is 0 Å². The molecule has 2 aromatic carbocycles. The normalized spacial score (nSPS) is 10.9. The average Bonchev–Trinajstić information content (AvgIpc) is 2.72. The zero-order chi connectivity index (χ0) is 11.8. The van der Waals surface area contributed by atoms with E-state index in [1.165, 1.54) is 5.39 Å². The van der Waals surface area contributed by atoms with Gasteiger partial charge in [-0.3, -0.25) is 0 Å². The second-order valence-electron chi connectivity index (χ2n) is 4.27. The third-order valence-corrected chi connectivity index (χ3v) is 3.03. The first-order valence-electron chi connectivity index (χ1n) is 5.62. The summed E-state index contributed by atoms with van der Waals surface area (Å²) in [5, 5.41) is 10.6. The predicted molar refractivity (Wildman–Crippen MR) is 70.1 cm³/mol. The van der Waals surface area contributed by atoms with Gasteiger partial charge in [-0.25, -0.2) is 0 Å². The summed E-state index contributed by atoms with van der Waals surface area (Å²) in [5.41, 5.74) is 4.41. The standard InChI is InChI=1S/C15H13NO/c1-10-8-12(17)6-7-13(10)15-9-11-4-2-3-5-14(11)16-15/h2-9,16-17H,1H3. The number of phenols is 1. The van der Waals surface area contributed by atoms with Crippen molar-refractivity contribution < 1.29 is 5.11 Å². The number of phenolic OH excluding ortho intramolecular Hbond substituents is 1. The summed E-state index contributed by atoms with van der Waals surface area (Å²) in [6, 6.07) is 15.8. The van der Waals surface area contributed by atoms with Gasteiger partial charge in [-0.2, -0.15) is 0 Å². The van der Waals surface area contributed by atoms with E-state index in [-0.39, 0.29) is 0 Å². The molecule has 3 aromatic rings. The highest BCUT2D eigenvalue weighted by molar-refractivity contribution is 5.86. The summed E-state index contributed by atoms with van der Waals surface area (Å²) in [7, 11) is 0. The third kappa shape index (κ3) is 1.68. The van der Waals surface area contributed by atoms with E-state index in [1.807, 2.05) is 25.1 Å². The molecule has 17 heavy (non-hydrogen) atoms. The Hall–Kier alpha value is -2.22. The lowest BCUT2D eigenvalue weighted by atomic mass is 10.1. The number of benzene rings is 2. The van der Waals surface area contributed by atoms with Gasteiger partial charge in [0.25, 0.3) is 0 Å². The molecule has 2 heteroatoms. The van der Waals surface area contributed by atoms with Crippen LogP contribution in [0.5, 0.6) is 5.75 Å². The highest BCUT2D eigenvalue weighted by Crippen LogP contribution is 2.28. The maximum atomic E-state index is 9.41. The maximum absolute atomic E-state index is 9.41. The molecule has 1 aromatic heterocycles. The van der Waals surface area contributed by atoms with Crippen molar-refractivity contribution in [3.8, 4) is 17.0 Å². The molecular formula is C15H13NO. The summed E-state index contributed by atoms with van der Waals surface area (Å²) in [6.45, 7) is 2.00.